The third-order valence-electron chi connectivity index (χ3n) is 3.57. The van der Waals surface area contributed by atoms with E-state index in [1.54, 1.807) is 6.07 Å². The molecule has 3 rings (SSSR count). The lowest BCUT2D eigenvalue weighted by atomic mass is 10.1. The fourth-order valence-corrected chi connectivity index (χ4v) is 2.38. The molecule has 0 saturated carbocycles. The maximum atomic E-state index is 10.4. The van der Waals surface area contributed by atoms with Crippen molar-refractivity contribution < 1.29 is 14.1 Å². The lowest BCUT2D eigenvalue weighted by molar-refractivity contribution is -0.105. The molecule has 0 unspecified atom stereocenters. The lowest BCUT2D eigenvalue weighted by Crippen LogP contribution is -1.97. The van der Waals surface area contributed by atoms with Gasteiger partial charge in [-0.25, -0.2) is 0 Å². The Morgan fingerprint density at radius 3 is 2.79 bits per heavy atom. The minimum absolute atomic E-state index is 0.309. The van der Waals surface area contributed by atoms with Gasteiger partial charge in [-0.15, -0.1) is 0 Å². The normalized spacial score (nSPS) is 10.4. The van der Waals surface area contributed by atoms with E-state index in [4.69, 9.17) is 20.9 Å². The van der Waals surface area contributed by atoms with Crippen LogP contribution in [0.5, 0.6) is 5.75 Å². The van der Waals surface area contributed by atoms with Crippen molar-refractivity contribution in [3.05, 3.63) is 64.7 Å². The summed E-state index contributed by atoms with van der Waals surface area (Å²) in [5, 5.41) is 7.01. The fourth-order valence-electron chi connectivity index (χ4n) is 2.21. The summed E-state index contributed by atoms with van der Waals surface area (Å²) in [6, 6.07) is 15.0. The fraction of sp³-hybridized carbons (Fsp3) is 0.111. The quantitative estimate of drug-likeness (QED) is 0.672. The topological polar surface area (TPSA) is 64.4 Å². The van der Waals surface area contributed by atoms with Gasteiger partial charge in [0.25, 0.3) is 0 Å². The van der Waals surface area contributed by atoms with Crippen LogP contribution in [0.3, 0.4) is 0 Å². The Balaban J connectivity index is 1.68. The van der Waals surface area contributed by atoms with Crippen molar-refractivity contribution in [2.24, 2.45) is 0 Å². The number of benzene rings is 2. The number of nitrogens with zero attached hydrogens (tertiary/aromatic N) is 1. The first-order valence-corrected chi connectivity index (χ1v) is 7.69. The molecule has 2 aromatic carbocycles. The average Bonchev–Trinajstić information content (AvgIpc) is 3.06. The zero-order chi connectivity index (χ0) is 16.9. The van der Waals surface area contributed by atoms with E-state index >= 15 is 0 Å². The van der Waals surface area contributed by atoms with Crippen LogP contribution in [0.4, 0.5) is 5.88 Å². The summed E-state index contributed by atoms with van der Waals surface area (Å²) in [5.74, 6) is 1.08. The molecule has 3 aromatic rings. The van der Waals surface area contributed by atoms with E-state index in [0.717, 1.165) is 22.4 Å². The number of nitrogens with one attached hydrogen (secondary N) is 1. The van der Waals surface area contributed by atoms with Crippen LogP contribution >= 0.6 is 11.6 Å². The van der Waals surface area contributed by atoms with Gasteiger partial charge < -0.3 is 9.26 Å². The second-order valence-corrected chi connectivity index (χ2v) is 5.59. The Hall–Kier alpha value is -2.79. The van der Waals surface area contributed by atoms with Crippen LogP contribution in [0.15, 0.2) is 53.1 Å². The van der Waals surface area contributed by atoms with Gasteiger partial charge in [-0.3, -0.25) is 10.1 Å². The van der Waals surface area contributed by atoms with Crippen LogP contribution in [0.2, 0.25) is 5.02 Å². The first-order valence-electron chi connectivity index (χ1n) is 7.31. The van der Waals surface area contributed by atoms with Crippen LogP contribution in [-0.4, -0.2) is 11.6 Å². The second kappa shape index (κ2) is 7.19. The van der Waals surface area contributed by atoms with Gasteiger partial charge in [0, 0.05) is 22.2 Å². The predicted molar refractivity (Wildman–Crippen MR) is 92.1 cm³/mol. The molecule has 1 heterocycles. The molecule has 0 aliphatic rings. The third-order valence-corrected chi connectivity index (χ3v) is 3.98. The Labute approximate surface area is 144 Å². The Morgan fingerprint density at radius 1 is 1.25 bits per heavy atom. The van der Waals surface area contributed by atoms with E-state index in [1.807, 2.05) is 49.4 Å². The number of hydrogen-bond acceptors (Lipinski definition) is 4. The van der Waals surface area contributed by atoms with Crippen LogP contribution in [-0.2, 0) is 11.4 Å². The molecule has 0 bridgehead atoms. The van der Waals surface area contributed by atoms with Crippen molar-refractivity contribution in [2.45, 2.75) is 13.5 Å². The van der Waals surface area contributed by atoms with Gasteiger partial charge in [0.1, 0.15) is 18.1 Å². The molecule has 5 nitrogen and oxygen atoms in total. The number of halogens is 1. The summed E-state index contributed by atoms with van der Waals surface area (Å²) in [6.45, 7) is 2.37. The predicted octanol–water partition coefficient (Wildman–Crippen LogP) is 4.45. The average molecular weight is 343 g/mol. The molecule has 1 N–H and O–H groups in total. The van der Waals surface area contributed by atoms with Crippen molar-refractivity contribution in [1.29, 1.82) is 0 Å². The molecule has 1 amide bonds. The second-order valence-electron chi connectivity index (χ2n) is 5.19. The highest BCUT2D eigenvalue weighted by Crippen LogP contribution is 2.26. The zero-order valence-electron chi connectivity index (χ0n) is 13.0. The van der Waals surface area contributed by atoms with Crippen molar-refractivity contribution in [3.63, 3.8) is 0 Å². The van der Waals surface area contributed by atoms with Gasteiger partial charge in [-0.1, -0.05) is 47.1 Å². The number of amides is 1. The zero-order valence-corrected chi connectivity index (χ0v) is 13.7. The molecule has 0 atom stereocenters. The highest BCUT2D eigenvalue weighted by molar-refractivity contribution is 6.31. The molecule has 0 aliphatic heterocycles. The van der Waals surface area contributed by atoms with Gasteiger partial charge >= 0.3 is 0 Å². The van der Waals surface area contributed by atoms with Crippen LogP contribution in [0.25, 0.3) is 11.3 Å². The summed E-state index contributed by atoms with van der Waals surface area (Å²) >= 11 is 6.09. The van der Waals surface area contributed by atoms with E-state index in [-0.39, 0.29) is 0 Å². The molecule has 0 spiro atoms. The molecule has 0 aliphatic carbocycles. The van der Waals surface area contributed by atoms with Crippen molar-refractivity contribution >= 4 is 23.9 Å². The smallest absolute Gasteiger partial charge is 0.231 e. The van der Waals surface area contributed by atoms with Crippen molar-refractivity contribution in [3.8, 4) is 17.0 Å². The molecule has 0 fully saturated rings. The number of ether oxygens (including phenoxy) is 1. The van der Waals surface area contributed by atoms with Gasteiger partial charge in [0.05, 0.1) is 0 Å². The molecule has 1 aromatic heterocycles. The SMILES string of the molecule is Cc1c(Cl)cccc1OCc1ccc(-c2cc(NC=O)on2)cc1. The van der Waals surface area contributed by atoms with Crippen LogP contribution in [0, 0.1) is 6.92 Å². The van der Waals surface area contributed by atoms with Gasteiger partial charge in [0.2, 0.25) is 12.3 Å². The number of anilines is 1. The largest absolute Gasteiger partial charge is 0.489 e. The lowest BCUT2D eigenvalue weighted by Gasteiger charge is -2.10. The minimum Gasteiger partial charge on any atom is -0.489 e. The summed E-state index contributed by atoms with van der Waals surface area (Å²) < 4.78 is 10.8. The number of carbonyl (C=O) groups is 1. The molecule has 0 saturated heterocycles. The molecule has 6 heteroatoms. The highest BCUT2D eigenvalue weighted by Gasteiger charge is 2.07. The summed E-state index contributed by atoms with van der Waals surface area (Å²) in [6.07, 6.45) is 0.544. The molecular weight excluding hydrogens is 328 g/mol. The van der Waals surface area contributed by atoms with Crippen molar-refractivity contribution in [2.75, 3.05) is 5.32 Å². The van der Waals surface area contributed by atoms with Crippen LogP contribution < -0.4 is 10.1 Å². The number of hydrogen-bond donors (Lipinski definition) is 1. The Bertz CT molecular complexity index is 844. The maximum absolute atomic E-state index is 10.4. The number of carbonyl (C=O) groups excluding carboxylic acids is 1. The third kappa shape index (κ3) is 3.58. The summed E-state index contributed by atoms with van der Waals surface area (Å²) in [7, 11) is 0. The van der Waals surface area contributed by atoms with E-state index in [0.29, 0.717) is 29.6 Å². The Kier molecular flexibility index (Phi) is 4.82. The summed E-state index contributed by atoms with van der Waals surface area (Å²) in [4.78, 5) is 10.4. The maximum Gasteiger partial charge on any atom is 0.231 e. The van der Waals surface area contributed by atoms with E-state index in [9.17, 15) is 4.79 Å². The molecule has 24 heavy (non-hydrogen) atoms. The van der Waals surface area contributed by atoms with Gasteiger partial charge in [-0.05, 0) is 24.6 Å². The number of aromatic nitrogens is 1. The minimum atomic E-state index is 0.309. The Morgan fingerprint density at radius 2 is 2.04 bits per heavy atom. The standard InChI is InChI=1S/C18H15ClN2O3/c1-12-15(19)3-2-4-17(12)23-10-13-5-7-14(8-6-13)16-9-18(20-11-22)24-21-16/h2-9,11H,10H2,1H3,(H,20,22). The summed E-state index contributed by atoms with van der Waals surface area (Å²) in [5.41, 5.74) is 3.49. The van der Waals surface area contributed by atoms with Gasteiger partial charge in [-0.2, -0.15) is 0 Å². The number of rotatable bonds is 6. The van der Waals surface area contributed by atoms with E-state index < -0.39 is 0 Å². The first-order chi connectivity index (χ1) is 11.7. The van der Waals surface area contributed by atoms with Crippen molar-refractivity contribution in [1.82, 2.24) is 5.16 Å². The monoisotopic (exact) mass is 342 g/mol. The van der Waals surface area contributed by atoms with Crippen LogP contribution in [0.1, 0.15) is 11.1 Å². The molecular formula is C18H15ClN2O3. The van der Waals surface area contributed by atoms with Gasteiger partial charge in [0.15, 0.2) is 0 Å². The molecule has 0 radical (unpaired) electrons. The highest BCUT2D eigenvalue weighted by atomic mass is 35.5. The molecule has 122 valence electrons. The first kappa shape index (κ1) is 16.1. The van der Waals surface area contributed by atoms with E-state index in [2.05, 4.69) is 10.5 Å². The van der Waals surface area contributed by atoms with E-state index in [1.165, 1.54) is 0 Å².